The minimum absolute atomic E-state index is 0.0757. The van der Waals surface area contributed by atoms with Gasteiger partial charge in [-0.25, -0.2) is 9.78 Å². The van der Waals surface area contributed by atoms with E-state index >= 15 is 0 Å². The van der Waals surface area contributed by atoms with Gasteiger partial charge in [-0.1, -0.05) is 27.5 Å². The van der Waals surface area contributed by atoms with Gasteiger partial charge in [0.2, 0.25) is 0 Å². The Bertz CT molecular complexity index is 647. The number of nitrogens with zero attached hydrogens (tertiary/aromatic N) is 1. The molecule has 2 aromatic rings. The number of benzene rings is 1. The smallest absolute Gasteiger partial charge is 0.339 e. The molecule has 0 amide bonds. The van der Waals surface area contributed by atoms with Crippen LogP contribution >= 0.6 is 27.5 Å². The van der Waals surface area contributed by atoms with Gasteiger partial charge in [0.1, 0.15) is 16.5 Å². The van der Waals surface area contributed by atoms with Crippen molar-refractivity contribution in [1.82, 2.24) is 4.98 Å². The quantitative estimate of drug-likeness (QED) is 0.819. The van der Waals surface area contributed by atoms with Crippen molar-refractivity contribution in [2.75, 3.05) is 5.32 Å². The van der Waals surface area contributed by atoms with E-state index in [1.54, 1.807) is 0 Å². The molecular formula is C13H10BrClN2O2. The summed E-state index contributed by atoms with van der Waals surface area (Å²) >= 11 is 9.17. The van der Waals surface area contributed by atoms with Crippen LogP contribution < -0.4 is 5.32 Å². The van der Waals surface area contributed by atoms with Crippen molar-refractivity contribution in [3.63, 3.8) is 0 Å². The van der Waals surface area contributed by atoms with Crippen LogP contribution in [0.5, 0.6) is 0 Å². The predicted molar refractivity (Wildman–Crippen MR) is 78.4 cm³/mol. The number of aryl methyl sites for hydroxylation is 1. The van der Waals surface area contributed by atoms with Crippen molar-refractivity contribution < 1.29 is 9.90 Å². The highest BCUT2D eigenvalue weighted by Gasteiger charge is 2.13. The maximum absolute atomic E-state index is 11.1. The first-order valence-corrected chi connectivity index (χ1v) is 6.57. The molecule has 1 heterocycles. The second kappa shape index (κ2) is 5.59. The van der Waals surface area contributed by atoms with E-state index in [0.29, 0.717) is 0 Å². The number of halogens is 2. The SMILES string of the molecule is Cc1cc(Br)ccc1Nc1nc(Cl)ccc1C(=O)O. The Morgan fingerprint density at radius 1 is 1.37 bits per heavy atom. The molecule has 0 fully saturated rings. The molecule has 0 saturated heterocycles. The Balaban J connectivity index is 2.42. The molecule has 0 saturated carbocycles. The van der Waals surface area contributed by atoms with Crippen LogP contribution in [0.15, 0.2) is 34.8 Å². The van der Waals surface area contributed by atoms with Gasteiger partial charge in [-0.05, 0) is 42.8 Å². The number of pyridine rings is 1. The van der Waals surface area contributed by atoms with E-state index in [0.717, 1.165) is 15.7 Å². The van der Waals surface area contributed by atoms with Crippen LogP contribution in [-0.2, 0) is 0 Å². The van der Waals surface area contributed by atoms with E-state index < -0.39 is 5.97 Å². The van der Waals surface area contributed by atoms with Gasteiger partial charge < -0.3 is 10.4 Å². The first-order chi connectivity index (χ1) is 8.97. The normalized spacial score (nSPS) is 10.3. The highest BCUT2D eigenvalue weighted by molar-refractivity contribution is 9.10. The topological polar surface area (TPSA) is 62.2 Å². The standard InChI is InChI=1S/C13H10BrClN2O2/c1-7-6-8(14)2-4-10(7)16-12-9(13(18)19)3-5-11(15)17-12/h2-6H,1H3,(H,16,17)(H,18,19). The van der Waals surface area contributed by atoms with Gasteiger partial charge in [0, 0.05) is 10.2 Å². The molecule has 0 radical (unpaired) electrons. The van der Waals surface area contributed by atoms with Crippen molar-refractivity contribution in [1.29, 1.82) is 0 Å². The summed E-state index contributed by atoms with van der Waals surface area (Å²) in [6.45, 7) is 1.91. The Morgan fingerprint density at radius 2 is 2.11 bits per heavy atom. The van der Waals surface area contributed by atoms with Crippen LogP contribution in [0.2, 0.25) is 5.15 Å². The summed E-state index contributed by atoms with van der Waals surface area (Å²) in [6.07, 6.45) is 0. The molecule has 0 spiro atoms. The number of nitrogens with one attached hydrogen (secondary N) is 1. The number of hydrogen-bond donors (Lipinski definition) is 2. The summed E-state index contributed by atoms with van der Waals surface area (Å²) in [4.78, 5) is 15.1. The summed E-state index contributed by atoms with van der Waals surface area (Å²) < 4.78 is 0.952. The fourth-order valence-electron chi connectivity index (χ4n) is 1.60. The molecule has 0 aliphatic carbocycles. The zero-order chi connectivity index (χ0) is 14.0. The Labute approximate surface area is 123 Å². The maximum atomic E-state index is 11.1. The first-order valence-electron chi connectivity index (χ1n) is 5.40. The van der Waals surface area contributed by atoms with Crippen molar-refractivity contribution >= 4 is 45.0 Å². The van der Waals surface area contributed by atoms with Crippen LogP contribution in [0, 0.1) is 6.92 Å². The third-order valence-electron chi connectivity index (χ3n) is 2.53. The number of hydrogen-bond acceptors (Lipinski definition) is 3. The van der Waals surface area contributed by atoms with E-state index in [9.17, 15) is 4.79 Å². The van der Waals surface area contributed by atoms with Crippen LogP contribution in [0.3, 0.4) is 0 Å². The van der Waals surface area contributed by atoms with E-state index in [1.165, 1.54) is 12.1 Å². The van der Waals surface area contributed by atoms with Crippen molar-refractivity contribution in [2.24, 2.45) is 0 Å². The second-order valence-electron chi connectivity index (χ2n) is 3.92. The van der Waals surface area contributed by atoms with Gasteiger partial charge in [-0.15, -0.1) is 0 Å². The van der Waals surface area contributed by atoms with Gasteiger partial charge in [0.15, 0.2) is 0 Å². The lowest BCUT2D eigenvalue weighted by molar-refractivity contribution is 0.0697. The van der Waals surface area contributed by atoms with E-state index in [-0.39, 0.29) is 16.5 Å². The molecular weight excluding hydrogens is 332 g/mol. The number of anilines is 2. The summed E-state index contributed by atoms with van der Waals surface area (Å²) in [5, 5.41) is 12.3. The molecule has 6 heteroatoms. The predicted octanol–water partition coefficient (Wildman–Crippen LogP) is 4.25. The zero-order valence-corrected chi connectivity index (χ0v) is 12.3. The monoisotopic (exact) mass is 340 g/mol. The highest BCUT2D eigenvalue weighted by atomic mass is 79.9. The molecule has 19 heavy (non-hydrogen) atoms. The summed E-state index contributed by atoms with van der Waals surface area (Å²) in [6, 6.07) is 8.50. The number of carbonyl (C=O) groups is 1. The molecule has 0 atom stereocenters. The van der Waals surface area contributed by atoms with Crippen LogP contribution in [0.25, 0.3) is 0 Å². The highest BCUT2D eigenvalue weighted by Crippen LogP contribution is 2.25. The molecule has 4 nitrogen and oxygen atoms in total. The Morgan fingerprint density at radius 3 is 2.74 bits per heavy atom. The maximum Gasteiger partial charge on any atom is 0.339 e. The second-order valence-corrected chi connectivity index (χ2v) is 5.22. The van der Waals surface area contributed by atoms with Crippen LogP contribution in [0.1, 0.15) is 15.9 Å². The number of aromatic carboxylic acids is 1. The Kier molecular flexibility index (Phi) is 4.07. The molecule has 0 aliphatic heterocycles. The summed E-state index contributed by atoms with van der Waals surface area (Å²) in [5.74, 6) is -0.827. The molecule has 0 unspecified atom stereocenters. The number of aromatic nitrogens is 1. The first kappa shape index (κ1) is 13.8. The zero-order valence-electron chi connectivity index (χ0n) is 9.95. The van der Waals surface area contributed by atoms with Crippen LogP contribution in [-0.4, -0.2) is 16.1 Å². The molecule has 2 rings (SSSR count). The average Bonchev–Trinajstić information content (AvgIpc) is 2.32. The molecule has 0 aliphatic rings. The lowest BCUT2D eigenvalue weighted by Gasteiger charge is -2.11. The van der Waals surface area contributed by atoms with Gasteiger partial charge in [-0.3, -0.25) is 0 Å². The number of carboxylic acid groups (broad SMARTS) is 1. The van der Waals surface area contributed by atoms with Crippen molar-refractivity contribution in [3.8, 4) is 0 Å². The molecule has 0 bridgehead atoms. The van der Waals surface area contributed by atoms with E-state index in [2.05, 4.69) is 26.2 Å². The third kappa shape index (κ3) is 3.24. The van der Waals surface area contributed by atoms with Crippen molar-refractivity contribution in [3.05, 3.63) is 51.1 Å². The van der Waals surface area contributed by atoms with Gasteiger partial charge in [0.25, 0.3) is 0 Å². The lowest BCUT2D eigenvalue weighted by Crippen LogP contribution is -2.05. The van der Waals surface area contributed by atoms with Gasteiger partial charge in [0.05, 0.1) is 0 Å². The van der Waals surface area contributed by atoms with Gasteiger partial charge in [-0.2, -0.15) is 0 Å². The largest absolute Gasteiger partial charge is 0.478 e. The van der Waals surface area contributed by atoms with Crippen molar-refractivity contribution in [2.45, 2.75) is 6.92 Å². The molecule has 1 aromatic carbocycles. The summed E-state index contributed by atoms with van der Waals surface area (Å²) in [7, 11) is 0. The van der Waals surface area contributed by atoms with E-state index in [4.69, 9.17) is 16.7 Å². The fraction of sp³-hybridized carbons (Fsp3) is 0.0769. The molecule has 1 aromatic heterocycles. The number of carboxylic acids is 1. The minimum atomic E-state index is -1.05. The van der Waals surface area contributed by atoms with Crippen LogP contribution in [0.4, 0.5) is 11.5 Å². The lowest BCUT2D eigenvalue weighted by atomic mass is 10.2. The summed E-state index contributed by atoms with van der Waals surface area (Å²) in [5.41, 5.74) is 1.82. The molecule has 98 valence electrons. The average molecular weight is 342 g/mol. The minimum Gasteiger partial charge on any atom is -0.478 e. The molecule has 2 N–H and O–H groups in total. The fourth-order valence-corrected chi connectivity index (χ4v) is 2.22. The third-order valence-corrected chi connectivity index (χ3v) is 3.24. The van der Waals surface area contributed by atoms with E-state index in [1.807, 2.05) is 25.1 Å². The Hall–Kier alpha value is -1.59. The van der Waals surface area contributed by atoms with Gasteiger partial charge >= 0.3 is 5.97 Å². The number of rotatable bonds is 3.